The third kappa shape index (κ3) is 3.32. The first-order chi connectivity index (χ1) is 7.90. The minimum Gasteiger partial charge on any atom is -0.495 e. The maximum atomic E-state index is 11.9. The zero-order chi connectivity index (χ0) is 13.1. The number of hydrogen-bond acceptors (Lipinski definition) is 5. The van der Waals surface area contributed by atoms with E-state index in [1.807, 2.05) is 0 Å². The zero-order valence-corrected chi connectivity index (χ0v) is 10.5. The van der Waals surface area contributed by atoms with Gasteiger partial charge in [-0.3, -0.25) is 0 Å². The predicted molar refractivity (Wildman–Crippen MR) is 64.3 cm³/mol. The van der Waals surface area contributed by atoms with Crippen LogP contribution in [0.1, 0.15) is 6.92 Å². The van der Waals surface area contributed by atoms with Gasteiger partial charge in [0.25, 0.3) is 0 Å². The predicted octanol–water partition coefficient (Wildman–Crippen LogP) is -0.0635. The minimum absolute atomic E-state index is 0.00509. The lowest BCUT2D eigenvalue weighted by Gasteiger charge is -2.14. The molecule has 0 fully saturated rings. The van der Waals surface area contributed by atoms with Crippen LogP contribution in [-0.2, 0) is 10.0 Å². The quantitative estimate of drug-likeness (QED) is 0.644. The molecule has 0 bridgehead atoms. The molecule has 1 atom stereocenters. The number of sulfonamides is 1. The van der Waals surface area contributed by atoms with Crippen molar-refractivity contribution in [3.63, 3.8) is 0 Å². The summed E-state index contributed by atoms with van der Waals surface area (Å²) in [5.41, 5.74) is 5.95. The second kappa shape index (κ2) is 5.35. The molecule has 0 amide bonds. The van der Waals surface area contributed by atoms with Crippen LogP contribution >= 0.6 is 0 Å². The summed E-state index contributed by atoms with van der Waals surface area (Å²) in [6, 6.07) is 3.70. The molecule has 0 aliphatic rings. The van der Waals surface area contributed by atoms with Gasteiger partial charge >= 0.3 is 0 Å². The summed E-state index contributed by atoms with van der Waals surface area (Å²) < 4.78 is 31.2. The molecular weight excluding hydrogens is 244 g/mol. The summed E-state index contributed by atoms with van der Waals surface area (Å²) in [5, 5.41) is 8.84. The lowest BCUT2D eigenvalue weighted by atomic mass is 10.3. The fourth-order valence-corrected chi connectivity index (χ4v) is 2.66. The van der Waals surface area contributed by atoms with Crippen molar-refractivity contribution in [2.24, 2.45) is 0 Å². The summed E-state index contributed by atoms with van der Waals surface area (Å²) in [5.74, 6) is 0.169. The van der Waals surface area contributed by atoms with E-state index in [-0.39, 0.29) is 17.3 Å². The van der Waals surface area contributed by atoms with Gasteiger partial charge in [0, 0.05) is 17.8 Å². The number of methoxy groups -OCH3 is 1. The lowest BCUT2D eigenvalue weighted by molar-refractivity contribution is 0.265. The van der Waals surface area contributed by atoms with Gasteiger partial charge in [-0.25, -0.2) is 13.1 Å². The number of nitrogens with one attached hydrogen (secondary N) is 1. The number of nitrogens with two attached hydrogens (primary N) is 1. The van der Waals surface area contributed by atoms with E-state index in [2.05, 4.69) is 4.72 Å². The van der Waals surface area contributed by atoms with E-state index >= 15 is 0 Å². The first-order valence-corrected chi connectivity index (χ1v) is 6.45. The molecule has 0 saturated heterocycles. The van der Waals surface area contributed by atoms with E-state index in [0.29, 0.717) is 5.69 Å². The Morgan fingerprint density at radius 1 is 1.53 bits per heavy atom. The minimum atomic E-state index is -3.72. The van der Waals surface area contributed by atoms with Crippen molar-refractivity contribution in [2.75, 3.05) is 19.5 Å². The van der Waals surface area contributed by atoms with Crippen LogP contribution in [0.3, 0.4) is 0 Å². The van der Waals surface area contributed by atoms with Crippen LogP contribution in [-0.4, -0.2) is 33.3 Å². The number of hydrogen-bond donors (Lipinski definition) is 3. The number of rotatable bonds is 5. The number of ether oxygens (including phenoxy) is 1. The van der Waals surface area contributed by atoms with Gasteiger partial charge in [-0.05, 0) is 19.1 Å². The summed E-state index contributed by atoms with van der Waals surface area (Å²) in [7, 11) is -2.36. The molecule has 17 heavy (non-hydrogen) atoms. The number of nitrogen functional groups attached to an aromatic ring is 1. The summed E-state index contributed by atoms with van der Waals surface area (Å²) >= 11 is 0. The topological polar surface area (TPSA) is 102 Å². The molecule has 6 nitrogen and oxygen atoms in total. The highest BCUT2D eigenvalue weighted by Gasteiger charge is 2.21. The Hall–Kier alpha value is -1.31. The highest BCUT2D eigenvalue weighted by molar-refractivity contribution is 7.89. The van der Waals surface area contributed by atoms with E-state index in [9.17, 15) is 8.42 Å². The van der Waals surface area contributed by atoms with Crippen molar-refractivity contribution in [3.05, 3.63) is 18.2 Å². The van der Waals surface area contributed by atoms with Crippen LogP contribution in [0.4, 0.5) is 5.69 Å². The van der Waals surface area contributed by atoms with Crippen LogP contribution in [0, 0.1) is 0 Å². The maximum absolute atomic E-state index is 11.9. The number of aliphatic hydroxyl groups excluding tert-OH is 1. The van der Waals surface area contributed by atoms with Crippen molar-refractivity contribution in [3.8, 4) is 5.75 Å². The van der Waals surface area contributed by atoms with Crippen LogP contribution in [0.2, 0.25) is 0 Å². The van der Waals surface area contributed by atoms with Gasteiger partial charge in [0.1, 0.15) is 10.6 Å². The second-order valence-corrected chi connectivity index (χ2v) is 5.30. The molecule has 96 valence electrons. The van der Waals surface area contributed by atoms with Crippen LogP contribution < -0.4 is 15.2 Å². The van der Waals surface area contributed by atoms with Crippen molar-refractivity contribution in [1.82, 2.24) is 4.72 Å². The van der Waals surface area contributed by atoms with E-state index in [4.69, 9.17) is 15.6 Å². The van der Waals surface area contributed by atoms with E-state index < -0.39 is 16.1 Å². The van der Waals surface area contributed by atoms with E-state index in [1.54, 1.807) is 6.92 Å². The highest BCUT2D eigenvalue weighted by Crippen LogP contribution is 2.25. The molecule has 4 N–H and O–H groups in total. The molecule has 0 radical (unpaired) electrons. The first-order valence-electron chi connectivity index (χ1n) is 4.97. The second-order valence-electron chi connectivity index (χ2n) is 3.62. The Balaban J connectivity index is 3.15. The summed E-state index contributed by atoms with van der Waals surface area (Å²) in [4.78, 5) is -0.00509. The Morgan fingerprint density at radius 2 is 2.18 bits per heavy atom. The Labute approximate surface area is 100 Å². The molecule has 0 unspecified atom stereocenters. The van der Waals surface area contributed by atoms with Gasteiger partial charge < -0.3 is 15.6 Å². The molecule has 0 spiro atoms. The molecule has 7 heteroatoms. The van der Waals surface area contributed by atoms with Crippen molar-refractivity contribution in [2.45, 2.75) is 17.9 Å². The van der Waals surface area contributed by atoms with Gasteiger partial charge in [0.2, 0.25) is 10.0 Å². The van der Waals surface area contributed by atoms with Gasteiger partial charge in [0.15, 0.2) is 0 Å². The molecule has 0 aliphatic carbocycles. The Kier molecular flexibility index (Phi) is 4.33. The summed E-state index contributed by atoms with van der Waals surface area (Å²) in [6.07, 6.45) is 0. The zero-order valence-electron chi connectivity index (χ0n) is 9.67. The monoisotopic (exact) mass is 260 g/mol. The number of aliphatic hydroxyl groups is 1. The summed E-state index contributed by atoms with van der Waals surface area (Å²) in [6.45, 7) is 1.28. The molecule has 1 rings (SSSR count). The number of anilines is 1. The molecule has 0 aliphatic heterocycles. The highest BCUT2D eigenvalue weighted by atomic mass is 32.2. The number of benzene rings is 1. The van der Waals surface area contributed by atoms with Crippen molar-refractivity contribution >= 4 is 15.7 Å². The van der Waals surface area contributed by atoms with Crippen LogP contribution in [0.5, 0.6) is 5.75 Å². The molecular formula is C10H16N2O4S. The average molecular weight is 260 g/mol. The van der Waals surface area contributed by atoms with Gasteiger partial charge in [-0.2, -0.15) is 0 Å². The Bertz CT molecular complexity index is 487. The van der Waals surface area contributed by atoms with Gasteiger partial charge in [0.05, 0.1) is 13.7 Å². The SMILES string of the molecule is COc1cc(N)ccc1S(=O)(=O)N[C@@H](C)CO. The fourth-order valence-electron chi connectivity index (χ4n) is 1.27. The van der Waals surface area contributed by atoms with Crippen LogP contribution in [0.15, 0.2) is 23.1 Å². The molecule has 0 heterocycles. The Morgan fingerprint density at radius 3 is 2.71 bits per heavy atom. The van der Waals surface area contributed by atoms with Gasteiger partial charge in [-0.15, -0.1) is 0 Å². The van der Waals surface area contributed by atoms with Crippen molar-refractivity contribution in [1.29, 1.82) is 0 Å². The van der Waals surface area contributed by atoms with Crippen molar-refractivity contribution < 1.29 is 18.3 Å². The molecule has 1 aromatic rings. The fraction of sp³-hybridized carbons (Fsp3) is 0.400. The molecule has 1 aromatic carbocycles. The average Bonchev–Trinajstić information content (AvgIpc) is 2.27. The normalized spacial score (nSPS) is 13.4. The van der Waals surface area contributed by atoms with E-state index in [1.165, 1.54) is 25.3 Å². The smallest absolute Gasteiger partial charge is 0.244 e. The standard InChI is InChI=1S/C10H16N2O4S/c1-7(6-13)12-17(14,15)10-4-3-8(11)5-9(10)16-2/h3-5,7,12-13H,6,11H2,1-2H3/t7-/m0/s1. The third-order valence-electron chi connectivity index (χ3n) is 2.11. The van der Waals surface area contributed by atoms with Crippen LogP contribution in [0.25, 0.3) is 0 Å². The van der Waals surface area contributed by atoms with E-state index in [0.717, 1.165) is 0 Å². The third-order valence-corrected chi connectivity index (χ3v) is 3.74. The lowest BCUT2D eigenvalue weighted by Crippen LogP contribution is -2.35. The van der Waals surface area contributed by atoms with Gasteiger partial charge in [-0.1, -0.05) is 0 Å². The molecule has 0 aromatic heterocycles. The maximum Gasteiger partial charge on any atom is 0.244 e. The largest absolute Gasteiger partial charge is 0.495 e. The molecule has 0 saturated carbocycles. The first kappa shape index (κ1) is 13.8.